The van der Waals surface area contributed by atoms with Gasteiger partial charge in [0.25, 0.3) is 0 Å². The van der Waals surface area contributed by atoms with Crippen molar-refractivity contribution in [2.45, 2.75) is 0 Å². The van der Waals surface area contributed by atoms with Gasteiger partial charge in [0.15, 0.2) is 0 Å². The molecule has 11 aromatic carbocycles. The lowest BCUT2D eigenvalue weighted by Gasteiger charge is -2.23. The molecule has 0 radical (unpaired) electrons. The summed E-state index contributed by atoms with van der Waals surface area (Å²) >= 11 is 0. The summed E-state index contributed by atoms with van der Waals surface area (Å²) < 4.78 is 6.71. The lowest BCUT2D eigenvalue weighted by atomic mass is 9.79. The fourth-order valence-electron chi connectivity index (χ4n) is 9.66. The second-order valence-corrected chi connectivity index (χ2v) is 15.1. The number of hydrogen-bond donors (Lipinski definition) is 0. The van der Waals surface area contributed by atoms with Crippen molar-refractivity contribution in [1.82, 2.24) is 0 Å². The Hall–Kier alpha value is -7.48. The maximum Gasteiger partial charge on any atom is 0.136 e. The van der Waals surface area contributed by atoms with E-state index in [1.807, 2.05) is 0 Å². The molecule has 0 atom stereocenters. The summed E-state index contributed by atoms with van der Waals surface area (Å²) in [6, 6.07) is 75.3. The van der Waals surface area contributed by atoms with E-state index < -0.39 is 0 Å². The summed E-state index contributed by atoms with van der Waals surface area (Å²) in [4.78, 5) is 0. The zero-order valence-corrected chi connectivity index (χ0v) is 31.0. The Morgan fingerprint density at radius 3 is 1.25 bits per heavy atom. The van der Waals surface area contributed by atoms with E-state index >= 15 is 0 Å². The van der Waals surface area contributed by atoms with Crippen LogP contribution < -0.4 is 0 Å². The van der Waals surface area contributed by atoms with Crippen molar-refractivity contribution in [1.29, 1.82) is 0 Å². The number of fused-ring (bicyclic) bond motifs is 11. The Balaban J connectivity index is 1.26. The van der Waals surface area contributed by atoms with E-state index in [1.54, 1.807) is 0 Å². The predicted molar refractivity (Wildman–Crippen MR) is 243 cm³/mol. The summed E-state index contributed by atoms with van der Waals surface area (Å²) in [6.07, 6.45) is 0. The average molecular weight is 723 g/mol. The average Bonchev–Trinajstić information content (AvgIpc) is 3.66. The number of hydrogen-bond acceptors (Lipinski definition) is 1. The molecule has 57 heavy (non-hydrogen) atoms. The Labute approximate surface area is 329 Å². The maximum absolute atomic E-state index is 6.71. The highest BCUT2D eigenvalue weighted by Crippen LogP contribution is 2.53. The van der Waals surface area contributed by atoms with Crippen LogP contribution in [0.25, 0.3) is 120 Å². The van der Waals surface area contributed by atoms with E-state index in [0.29, 0.717) is 0 Å². The van der Waals surface area contributed by atoms with Crippen molar-refractivity contribution >= 4 is 75.8 Å². The zero-order chi connectivity index (χ0) is 37.5. The number of furan rings is 1. The van der Waals surface area contributed by atoms with Crippen LogP contribution >= 0.6 is 0 Å². The van der Waals surface area contributed by atoms with Gasteiger partial charge in [0.2, 0.25) is 0 Å². The predicted octanol–water partition coefficient (Wildman–Crippen LogP) is 16.0. The van der Waals surface area contributed by atoms with Crippen LogP contribution in [0.2, 0.25) is 0 Å². The lowest BCUT2D eigenvalue weighted by molar-refractivity contribution is 0.669. The van der Waals surface area contributed by atoms with Gasteiger partial charge in [-0.15, -0.1) is 0 Å². The normalized spacial score (nSPS) is 11.9. The Bertz CT molecular complexity index is 3460. The van der Waals surface area contributed by atoms with Crippen LogP contribution in [0.5, 0.6) is 0 Å². The quantitative estimate of drug-likeness (QED) is 0.130. The summed E-state index contributed by atoms with van der Waals surface area (Å²) in [5, 5.41) is 14.8. The summed E-state index contributed by atoms with van der Waals surface area (Å²) in [7, 11) is 0. The van der Waals surface area contributed by atoms with Crippen molar-refractivity contribution in [2.75, 3.05) is 0 Å². The van der Waals surface area contributed by atoms with Crippen LogP contribution in [0.1, 0.15) is 0 Å². The highest BCUT2D eigenvalue weighted by Gasteiger charge is 2.26. The van der Waals surface area contributed by atoms with Gasteiger partial charge in [-0.25, -0.2) is 0 Å². The third-order valence-corrected chi connectivity index (χ3v) is 12.0. The van der Waals surface area contributed by atoms with Crippen LogP contribution in [0.15, 0.2) is 211 Å². The van der Waals surface area contributed by atoms with Crippen LogP contribution in [-0.4, -0.2) is 0 Å². The fourth-order valence-corrected chi connectivity index (χ4v) is 9.66. The molecule has 0 amide bonds. The van der Waals surface area contributed by atoms with Gasteiger partial charge in [0.05, 0.1) is 0 Å². The van der Waals surface area contributed by atoms with Gasteiger partial charge in [-0.05, 0) is 111 Å². The number of rotatable bonds is 4. The van der Waals surface area contributed by atoms with E-state index in [0.717, 1.165) is 38.6 Å². The first-order valence-corrected chi connectivity index (χ1v) is 19.7. The first-order valence-electron chi connectivity index (χ1n) is 19.7. The molecule has 12 aromatic rings. The maximum atomic E-state index is 6.71. The fraction of sp³-hybridized carbons (Fsp3) is 0. The summed E-state index contributed by atoms with van der Waals surface area (Å²) in [5.74, 6) is 0. The molecular formula is C56H34O. The molecular weight excluding hydrogens is 689 g/mol. The minimum atomic E-state index is 0.888. The highest BCUT2D eigenvalue weighted by atomic mass is 16.3. The monoisotopic (exact) mass is 722 g/mol. The SMILES string of the molecule is c1ccc(-c2cc3oc4ccccc4c3c(-c3ccccc3)c2-c2c3ccccc3c(-c3ccc4c5ccccc5c5ccccc5c4c3)c3ccccc23)cc1. The van der Waals surface area contributed by atoms with Crippen molar-refractivity contribution in [3.05, 3.63) is 206 Å². The molecule has 0 aliphatic rings. The van der Waals surface area contributed by atoms with Gasteiger partial charge in [0.1, 0.15) is 11.2 Å². The minimum Gasteiger partial charge on any atom is -0.456 e. The van der Waals surface area contributed by atoms with E-state index in [9.17, 15) is 0 Å². The largest absolute Gasteiger partial charge is 0.456 e. The van der Waals surface area contributed by atoms with Gasteiger partial charge in [-0.2, -0.15) is 0 Å². The first kappa shape index (κ1) is 31.8. The molecule has 0 saturated heterocycles. The van der Waals surface area contributed by atoms with Crippen LogP contribution in [0.3, 0.4) is 0 Å². The molecule has 0 aliphatic carbocycles. The topological polar surface area (TPSA) is 13.1 Å². The van der Waals surface area contributed by atoms with E-state index in [1.165, 1.54) is 81.7 Å². The van der Waals surface area contributed by atoms with Crippen molar-refractivity contribution in [2.24, 2.45) is 0 Å². The smallest absolute Gasteiger partial charge is 0.136 e. The molecule has 0 bridgehead atoms. The third kappa shape index (κ3) is 4.76. The molecule has 12 rings (SSSR count). The van der Waals surface area contributed by atoms with E-state index in [4.69, 9.17) is 4.42 Å². The molecule has 1 heterocycles. The van der Waals surface area contributed by atoms with Gasteiger partial charge in [0, 0.05) is 16.3 Å². The number of benzene rings is 11. The molecule has 264 valence electrons. The minimum absolute atomic E-state index is 0.888. The lowest BCUT2D eigenvalue weighted by Crippen LogP contribution is -1.96. The van der Waals surface area contributed by atoms with E-state index in [-0.39, 0.29) is 0 Å². The van der Waals surface area contributed by atoms with Crippen molar-refractivity contribution in [3.8, 4) is 44.5 Å². The van der Waals surface area contributed by atoms with Gasteiger partial charge in [-0.3, -0.25) is 0 Å². The van der Waals surface area contributed by atoms with Gasteiger partial charge in [-0.1, -0.05) is 188 Å². The van der Waals surface area contributed by atoms with E-state index in [2.05, 4.69) is 206 Å². The highest BCUT2D eigenvalue weighted by molar-refractivity contribution is 6.29. The van der Waals surface area contributed by atoms with Crippen molar-refractivity contribution in [3.63, 3.8) is 0 Å². The summed E-state index contributed by atoms with van der Waals surface area (Å²) in [5.41, 5.74) is 11.3. The van der Waals surface area contributed by atoms with Crippen LogP contribution in [0, 0.1) is 0 Å². The standard InChI is InChI=1S/C56H34O/c1-3-17-35(18-4-1)48-34-51-55(47-29-15-16-30-50(47)57-51)53(36-19-5-2-6-20-36)56(48)54-45-27-13-11-25-43(45)52(44-26-12-14-28-46(44)54)37-31-32-42-40-23-8-7-21-38(40)39-22-9-10-24-41(39)49(42)33-37/h1-34H. The number of para-hydroxylation sites is 1. The first-order chi connectivity index (χ1) is 28.3. The molecule has 0 fully saturated rings. The Morgan fingerprint density at radius 2 is 0.667 bits per heavy atom. The second kappa shape index (κ2) is 12.5. The molecule has 0 aliphatic heterocycles. The molecule has 0 spiro atoms. The third-order valence-electron chi connectivity index (χ3n) is 12.0. The molecule has 1 heteroatoms. The molecule has 0 saturated carbocycles. The zero-order valence-electron chi connectivity index (χ0n) is 31.0. The second-order valence-electron chi connectivity index (χ2n) is 15.1. The Kier molecular flexibility index (Phi) is 7.00. The van der Waals surface area contributed by atoms with Crippen LogP contribution in [-0.2, 0) is 0 Å². The van der Waals surface area contributed by atoms with Gasteiger partial charge < -0.3 is 4.42 Å². The van der Waals surface area contributed by atoms with Gasteiger partial charge >= 0.3 is 0 Å². The van der Waals surface area contributed by atoms with Crippen molar-refractivity contribution < 1.29 is 4.42 Å². The molecule has 0 N–H and O–H groups in total. The Morgan fingerprint density at radius 1 is 0.228 bits per heavy atom. The molecule has 1 aromatic heterocycles. The molecule has 0 unspecified atom stereocenters. The summed E-state index contributed by atoms with van der Waals surface area (Å²) in [6.45, 7) is 0. The van der Waals surface area contributed by atoms with Crippen LogP contribution in [0.4, 0.5) is 0 Å². The molecule has 1 nitrogen and oxygen atoms in total.